The molecule has 0 aliphatic rings. The predicted octanol–water partition coefficient (Wildman–Crippen LogP) is 1.47. The van der Waals surface area contributed by atoms with Gasteiger partial charge in [0.1, 0.15) is 23.1 Å². The summed E-state index contributed by atoms with van der Waals surface area (Å²) in [6.07, 6.45) is 2.11. The van der Waals surface area contributed by atoms with E-state index in [-0.39, 0.29) is 5.92 Å². The van der Waals surface area contributed by atoms with Crippen molar-refractivity contribution in [2.45, 2.75) is 46.6 Å². The van der Waals surface area contributed by atoms with E-state index in [0.29, 0.717) is 23.3 Å². The number of carboxylic acids is 1. The Hall–Kier alpha value is -2.95. The van der Waals surface area contributed by atoms with Gasteiger partial charge in [0.15, 0.2) is 0 Å². The van der Waals surface area contributed by atoms with Crippen LogP contribution in [0.1, 0.15) is 39.2 Å². The number of hydrogen-bond donors (Lipinski definition) is 2. The van der Waals surface area contributed by atoms with Crippen molar-refractivity contribution in [2.75, 3.05) is 6.61 Å². The zero-order valence-corrected chi connectivity index (χ0v) is 20.8. The van der Waals surface area contributed by atoms with Crippen LogP contribution in [0.25, 0.3) is 22.3 Å². The van der Waals surface area contributed by atoms with E-state index >= 15 is 0 Å². The Balaban J connectivity index is 0.000000784. The van der Waals surface area contributed by atoms with Crippen LogP contribution in [-0.2, 0) is 4.79 Å². The lowest BCUT2D eigenvalue weighted by Crippen LogP contribution is -2.58. The molecule has 1 heterocycles. The van der Waals surface area contributed by atoms with E-state index in [4.69, 9.17) is 27.8 Å². The molecule has 2 aromatic carbocycles. The van der Waals surface area contributed by atoms with Gasteiger partial charge in [0.2, 0.25) is 0 Å². The van der Waals surface area contributed by atoms with Crippen LogP contribution >= 0.6 is 0 Å². The Bertz CT molecular complexity index is 1180. The second kappa shape index (κ2) is 12.7. The molecule has 0 aliphatic carbocycles. The quantitative estimate of drug-likeness (QED) is 0.433. The van der Waals surface area contributed by atoms with Crippen LogP contribution in [-0.4, -0.2) is 28.4 Å². The minimum atomic E-state index is -4.69. The summed E-state index contributed by atoms with van der Waals surface area (Å²) in [6, 6.07) is 14.6. The minimum Gasteiger partial charge on any atom is -0.494 e. The highest BCUT2D eigenvalue weighted by molar-refractivity contribution is 5.80. The molecule has 35 heavy (non-hydrogen) atoms. The fourth-order valence-electron chi connectivity index (χ4n) is 3.22. The summed E-state index contributed by atoms with van der Waals surface area (Å²) < 4.78 is 44.6. The number of halogens is 1. The topological polar surface area (TPSA) is 161 Å². The Morgan fingerprint density at radius 3 is 2.29 bits per heavy atom. The van der Waals surface area contributed by atoms with E-state index < -0.39 is 22.3 Å². The van der Waals surface area contributed by atoms with E-state index in [1.54, 1.807) is 0 Å². The highest BCUT2D eigenvalue weighted by Gasteiger charge is 2.20. The monoisotopic (exact) mass is 507 g/mol. The summed E-state index contributed by atoms with van der Waals surface area (Å²) in [7, 11) is -4.69. The van der Waals surface area contributed by atoms with Crippen LogP contribution in [0.4, 0.5) is 0 Å². The Labute approximate surface area is 205 Å². The second-order valence-electron chi connectivity index (χ2n) is 8.27. The number of fused-ring (bicyclic) bond motifs is 1. The molecule has 0 spiro atoms. The van der Waals surface area contributed by atoms with Crippen molar-refractivity contribution in [1.29, 1.82) is 0 Å². The normalized spacial score (nSPS) is 12.9. The number of aliphatic carboxylic acids is 1. The number of benzene rings is 2. The number of nitrogens with zero attached hydrogens (tertiary/aromatic N) is 1. The summed E-state index contributed by atoms with van der Waals surface area (Å²) in [5.74, 6) is 0.404. The highest BCUT2D eigenvalue weighted by Crippen LogP contribution is 2.25. The molecule has 1 atom stereocenters. The lowest BCUT2D eigenvalue weighted by atomic mass is 10.0. The molecular weight excluding hydrogens is 478 g/mol. The van der Waals surface area contributed by atoms with E-state index in [9.17, 15) is 9.90 Å². The van der Waals surface area contributed by atoms with Gasteiger partial charge in [0.05, 0.1) is 26.9 Å². The van der Waals surface area contributed by atoms with Crippen LogP contribution in [0.2, 0.25) is 0 Å². The van der Waals surface area contributed by atoms with Crippen molar-refractivity contribution in [1.82, 2.24) is 0 Å². The molecule has 9 nitrogen and oxygen atoms in total. The average molecular weight is 508 g/mol. The molecule has 0 aliphatic heterocycles. The molecule has 2 N–H and O–H groups in total. The van der Waals surface area contributed by atoms with Gasteiger partial charge in [-0.3, -0.25) is 4.99 Å². The van der Waals surface area contributed by atoms with Crippen LogP contribution in [0.15, 0.2) is 57.9 Å². The molecule has 3 rings (SSSR count). The Kier molecular flexibility index (Phi) is 10.2. The SMILES string of the molecule is CCCCOc1ccc(-c2cc(=NC(C(=O)O)C(C)C)c3cc(C)ccc3o2)cc1.[O-][Cl+3]([O-])([O-])O. The van der Waals surface area contributed by atoms with Crippen molar-refractivity contribution in [3.05, 3.63) is 59.5 Å². The van der Waals surface area contributed by atoms with E-state index in [1.165, 1.54) is 0 Å². The fraction of sp³-hybridized carbons (Fsp3) is 0.360. The Morgan fingerprint density at radius 2 is 1.74 bits per heavy atom. The zero-order valence-electron chi connectivity index (χ0n) is 20.1. The van der Waals surface area contributed by atoms with Crippen LogP contribution in [0, 0.1) is 23.1 Å². The standard InChI is InChI=1S/C25H29NO4.ClHO4/c1-5-6-13-29-19-10-8-18(9-11-19)23-15-21(26-24(16(2)3)25(27)28)20-14-17(4)7-12-22(20)30-23;2-1(3,4)5/h7-12,14-16,24H,5-6,13H2,1-4H3,(H,27,28);(H,2,3,4,5). The number of carbonyl (C=O) groups is 1. The van der Waals surface area contributed by atoms with Gasteiger partial charge >= 0.3 is 5.97 Å². The molecule has 0 bridgehead atoms. The summed E-state index contributed by atoms with van der Waals surface area (Å²) >= 11 is 0. The molecule has 10 heteroatoms. The van der Waals surface area contributed by atoms with Crippen molar-refractivity contribution >= 4 is 16.9 Å². The van der Waals surface area contributed by atoms with Crippen molar-refractivity contribution in [3.63, 3.8) is 0 Å². The molecule has 1 aromatic heterocycles. The lowest BCUT2D eigenvalue weighted by Gasteiger charge is -2.12. The second-order valence-corrected chi connectivity index (χ2v) is 9.07. The molecule has 0 saturated carbocycles. The number of rotatable bonds is 8. The molecule has 0 saturated heterocycles. The minimum absolute atomic E-state index is 0.123. The first-order valence-electron chi connectivity index (χ1n) is 11.1. The van der Waals surface area contributed by atoms with Crippen molar-refractivity contribution in [2.24, 2.45) is 10.9 Å². The summed E-state index contributed by atoms with van der Waals surface area (Å²) in [6.45, 7) is 8.55. The summed E-state index contributed by atoms with van der Waals surface area (Å²) in [5.41, 5.74) is 2.62. The number of hydrogen-bond acceptors (Lipinski definition) is 8. The maximum atomic E-state index is 11.7. The maximum absolute atomic E-state index is 11.7. The molecule has 1 unspecified atom stereocenters. The molecule has 0 radical (unpaired) electrons. The fourth-order valence-corrected chi connectivity index (χ4v) is 3.22. The zero-order chi connectivity index (χ0) is 26.2. The van der Waals surface area contributed by atoms with Gasteiger partial charge in [-0.15, -0.1) is 0 Å². The number of unbranched alkanes of at least 4 members (excludes halogenated alkanes) is 1. The first-order chi connectivity index (χ1) is 16.4. The lowest BCUT2D eigenvalue weighted by molar-refractivity contribution is -1.92. The Morgan fingerprint density at radius 1 is 1.11 bits per heavy atom. The molecule has 0 amide bonds. The van der Waals surface area contributed by atoms with Gasteiger partial charge in [0.25, 0.3) is 0 Å². The highest BCUT2D eigenvalue weighted by atomic mass is 35.7. The van der Waals surface area contributed by atoms with Crippen LogP contribution in [0.3, 0.4) is 0 Å². The molecule has 3 aromatic rings. The van der Waals surface area contributed by atoms with Crippen molar-refractivity contribution in [3.8, 4) is 17.1 Å². The first kappa shape index (κ1) is 28.3. The number of aryl methyl sites for hydroxylation is 1. The van der Waals surface area contributed by atoms with Gasteiger partial charge in [-0.05, 0) is 55.7 Å². The van der Waals surface area contributed by atoms with E-state index in [1.807, 2.05) is 69.3 Å². The van der Waals surface area contributed by atoms with Crippen LogP contribution in [0.5, 0.6) is 5.75 Å². The molecule has 190 valence electrons. The summed E-state index contributed by atoms with van der Waals surface area (Å²) in [5, 5.41) is 11.0. The predicted molar refractivity (Wildman–Crippen MR) is 121 cm³/mol. The van der Waals surface area contributed by atoms with Gasteiger partial charge in [-0.1, -0.05) is 38.8 Å². The number of ether oxygens (including phenoxy) is 1. The molecule has 0 fully saturated rings. The van der Waals surface area contributed by atoms with Gasteiger partial charge in [-0.25, -0.2) is 4.79 Å². The third-order valence-electron chi connectivity index (χ3n) is 4.97. The number of carboxylic acid groups (broad SMARTS) is 1. The first-order valence-corrected chi connectivity index (χ1v) is 12.3. The van der Waals surface area contributed by atoms with E-state index in [0.717, 1.165) is 35.1 Å². The van der Waals surface area contributed by atoms with Crippen LogP contribution < -0.4 is 24.1 Å². The van der Waals surface area contributed by atoms with Gasteiger partial charge < -0.3 is 14.3 Å². The third-order valence-corrected chi connectivity index (χ3v) is 4.97. The summed E-state index contributed by atoms with van der Waals surface area (Å²) in [4.78, 5) is 16.3. The maximum Gasteiger partial charge on any atom is 0.328 e. The average Bonchev–Trinajstić information content (AvgIpc) is 2.76. The molecular formula is C25H30ClNO8. The van der Waals surface area contributed by atoms with Crippen molar-refractivity contribution < 1.29 is 47.9 Å². The smallest absolute Gasteiger partial charge is 0.328 e. The van der Waals surface area contributed by atoms with Gasteiger partial charge in [-0.2, -0.15) is 14.0 Å². The third kappa shape index (κ3) is 9.31. The van der Waals surface area contributed by atoms with E-state index in [2.05, 4.69) is 11.9 Å². The largest absolute Gasteiger partial charge is 0.494 e. The van der Waals surface area contributed by atoms with Gasteiger partial charge in [0, 0.05) is 17.0 Å².